The maximum atomic E-state index is 8.32. The van der Waals surface area contributed by atoms with Crippen LogP contribution in [0.1, 0.15) is 19.3 Å². The molecule has 0 rings (SSSR count). The normalized spacial score (nSPS) is 9.70. The lowest BCUT2D eigenvalue weighted by molar-refractivity contribution is 0.0901. The van der Waals surface area contributed by atoms with Crippen molar-refractivity contribution in [2.45, 2.75) is 19.3 Å². The summed E-state index contributed by atoms with van der Waals surface area (Å²) in [6.45, 7) is 1.31. The molecule has 0 saturated carbocycles. The summed E-state index contributed by atoms with van der Waals surface area (Å²) in [5, 5.41) is 10.1. The lowest BCUT2D eigenvalue weighted by atomic mass is 10.3. The first-order valence-corrected chi connectivity index (χ1v) is 4.01. The van der Waals surface area contributed by atoms with E-state index in [1.165, 1.54) is 0 Å². The number of hydrogen-bond donors (Lipinski definition) is 1. The van der Waals surface area contributed by atoms with Crippen LogP contribution in [0, 0.1) is 0 Å². The van der Waals surface area contributed by atoms with Gasteiger partial charge in [0.05, 0.1) is 13.2 Å². The standard InChI is InChI=1S/C7H14O2S/c8-4-6-9-5-2-1-3-7-10/h7-8H,1-6H2. The summed E-state index contributed by atoms with van der Waals surface area (Å²) in [5.41, 5.74) is 0. The summed E-state index contributed by atoms with van der Waals surface area (Å²) in [5.74, 6) is 0. The third kappa shape index (κ3) is 8.01. The van der Waals surface area contributed by atoms with Crippen LogP contribution in [-0.2, 0) is 4.74 Å². The first-order valence-electron chi connectivity index (χ1n) is 3.54. The molecule has 3 heteroatoms. The lowest BCUT2D eigenvalue weighted by Gasteiger charge is -1.99. The van der Waals surface area contributed by atoms with Gasteiger partial charge in [0.15, 0.2) is 0 Å². The molecular weight excluding hydrogens is 148 g/mol. The van der Waals surface area contributed by atoms with Gasteiger partial charge in [-0.1, -0.05) is 12.2 Å². The predicted molar refractivity (Wildman–Crippen MR) is 45.4 cm³/mol. The Balaban J connectivity index is 2.70. The van der Waals surface area contributed by atoms with Crippen molar-refractivity contribution >= 4 is 17.6 Å². The molecule has 0 aliphatic heterocycles. The number of thiocarbonyl (C=S) groups is 1. The van der Waals surface area contributed by atoms with E-state index in [9.17, 15) is 0 Å². The summed E-state index contributed by atoms with van der Waals surface area (Å²) < 4.78 is 5.03. The van der Waals surface area contributed by atoms with E-state index >= 15 is 0 Å². The van der Waals surface area contributed by atoms with E-state index < -0.39 is 0 Å². The molecule has 1 N–H and O–H groups in total. The Hall–Kier alpha value is 0.01000. The summed E-state index contributed by atoms with van der Waals surface area (Å²) in [7, 11) is 0. The van der Waals surface area contributed by atoms with Crippen LogP contribution in [0.4, 0.5) is 0 Å². The number of aliphatic hydroxyl groups is 1. The zero-order valence-corrected chi connectivity index (χ0v) is 6.90. The smallest absolute Gasteiger partial charge is 0.0697 e. The molecular formula is C7H14O2S. The topological polar surface area (TPSA) is 29.5 Å². The molecule has 0 amide bonds. The van der Waals surface area contributed by atoms with E-state index in [1.54, 1.807) is 5.37 Å². The summed E-state index contributed by atoms with van der Waals surface area (Å²) in [4.78, 5) is 0. The Morgan fingerprint density at radius 1 is 1.30 bits per heavy atom. The zero-order valence-electron chi connectivity index (χ0n) is 6.08. The van der Waals surface area contributed by atoms with Gasteiger partial charge in [0.1, 0.15) is 0 Å². The first-order chi connectivity index (χ1) is 4.91. The van der Waals surface area contributed by atoms with Gasteiger partial charge >= 0.3 is 0 Å². The van der Waals surface area contributed by atoms with Crippen molar-refractivity contribution < 1.29 is 9.84 Å². The number of ether oxygens (including phenoxy) is 1. The molecule has 60 valence electrons. The van der Waals surface area contributed by atoms with Crippen molar-refractivity contribution in [1.29, 1.82) is 0 Å². The van der Waals surface area contributed by atoms with Gasteiger partial charge in [0.25, 0.3) is 0 Å². The monoisotopic (exact) mass is 162 g/mol. The van der Waals surface area contributed by atoms with Crippen LogP contribution >= 0.6 is 12.2 Å². The van der Waals surface area contributed by atoms with Crippen LogP contribution in [0.15, 0.2) is 0 Å². The molecule has 0 bridgehead atoms. The van der Waals surface area contributed by atoms with Crippen molar-refractivity contribution in [2.24, 2.45) is 0 Å². The van der Waals surface area contributed by atoms with Crippen molar-refractivity contribution in [3.8, 4) is 0 Å². The Morgan fingerprint density at radius 3 is 2.70 bits per heavy atom. The second-order valence-electron chi connectivity index (χ2n) is 2.00. The number of hydrogen-bond acceptors (Lipinski definition) is 3. The maximum Gasteiger partial charge on any atom is 0.0697 e. The van der Waals surface area contributed by atoms with E-state index in [4.69, 9.17) is 9.84 Å². The SMILES string of the molecule is OCCOCCCCC=S. The molecule has 2 nitrogen and oxygen atoms in total. The second kappa shape index (κ2) is 9.01. The average molecular weight is 162 g/mol. The molecule has 0 fully saturated rings. The lowest BCUT2D eigenvalue weighted by Crippen LogP contribution is -2.00. The highest BCUT2D eigenvalue weighted by Crippen LogP contribution is 1.92. The molecule has 0 radical (unpaired) electrons. The number of aliphatic hydroxyl groups excluding tert-OH is 1. The highest BCUT2D eigenvalue weighted by atomic mass is 32.1. The van der Waals surface area contributed by atoms with Crippen LogP contribution in [0.5, 0.6) is 0 Å². The Kier molecular flexibility index (Phi) is 9.02. The molecule has 0 aromatic carbocycles. The Bertz CT molecular complexity index is 76.0. The minimum absolute atomic E-state index is 0.118. The van der Waals surface area contributed by atoms with Gasteiger partial charge in [-0.2, -0.15) is 0 Å². The fourth-order valence-electron chi connectivity index (χ4n) is 0.598. The van der Waals surface area contributed by atoms with Gasteiger partial charge in [-0.3, -0.25) is 0 Å². The largest absolute Gasteiger partial charge is 0.394 e. The van der Waals surface area contributed by atoms with Crippen molar-refractivity contribution in [2.75, 3.05) is 19.8 Å². The third-order valence-corrected chi connectivity index (χ3v) is 1.33. The zero-order chi connectivity index (χ0) is 7.66. The van der Waals surface area contributed by atoms with Crippen LogP contribution in [0.25, 0.3) is 0 Å². The predicted octanol–water partition coefficient (Wildman–Crippen LogP) is 1.17. The minimum atomic E-state index is 0.118. The molecule has 0 aromatic rings. The Labute approximate surface area is 67.2 Å². The number of rotatable bonds is 7. The van der Waals surface area contributed by atoms with E-state index in [0.717, 1.165) is 25.9 Å². The Morgan fingerprint density at radius 2 is 2.10 bits per heavy atom. The molecule has 0 unspecified atom stereocenters. The van der Waals surface area contributed by atoms with Gasteiger partial charge < -0.3 is 9.84 Å². The average Bonchev–Trinajstić information content (AvgIpc) is 1.97. The molecule has 0 aromatic heterocycles. The summed E-state index contributed by atoms with van der Waals surface area (Å²) in [6, 6.07) is 0. The molecule has 0 aliphatic carbocycles. The van der Waals surface area contributed by atoms with E-state index in [0.29, 0.717) is 6.61 Å². The molecule has 0 spiro atoms. The highest BCUT2D eigenvalue weighted by Gasteiger charge is 1.86. The number of unbranched alkanes of at least 4 members (excludes halogenated alkanes) is 2. The van der Waals surface area contributed by atoms with Crippen LogP contribution in [-0.4, -0.2) is 30.3 Å². The highest BCUT2D eigenvalue weighted by molar-refractivity contribution is 7.78. The van der Waals surface area contributed by atoms with E-state index in [-0.39, 0.29) is 6.61 Å². The van der Waals surface area contributed by atoms with Crippen LogP contribution < -0.4 is 0 Å². The van der Waals surface area contributed by atoms with Crippen molar-refractivity contribution in [3.63, 3.8) is 0 Å². The van der Waals surface area contributed by atoms with Gasteiger partial charge in [-0.05, 0) is 24.6 Å². The second-order valence-corrected chi connectivity index (χ2v) is 2.33. The fraction of sp³-hybridized carbons (Fsp3) is 0.857. The van der Waals surface area contributed by atoms with Gasteiger partial charge in [0.2, 0.25) is 0 Å². The van der Waals surface area contributed by atoms with Crippen LogP contribution in [0.2, 0.25) is 0 Å². The molecule has 10 heavy (non-hydrogen) atoms. The first kappa shape index (κ1) is 10.0. The molecule has 0 atom stereocenters. The van der Waals surface area contributed by atoms with Crippen LogP contribution in [0.3, 0.4) is 0 Å². The van der Waals surface area contributed by atoms with Crippen molar-refractivity contribution in [1.82, 2.24) is 0 Å². The molecule has 0 aliphatic rings. The minimum Gasteiger partial charge on any atom is -0.394 e. The quantitative estimate of drug-likeness (QED) is 0.450. The third-order valence-electron chi connectivity index (χ3n) is 1.10. The summed E-state index contributed by atoms with van der Waals surface area (Å²) >= 11 is 4.65. The molecule has 0 heterocycles. The van der Waals surface area contributed by atoms with E-state index in [1.807, 2.05) is 0 Å². The summed E-state index contributed by atoms with van der Waals surface area (Å²) in [6.07, 6.45) is 3.11. The maximum absolute atomic E-state index is 8.32. The van der Waals surface area contributed by atoms with Gasteiger partial charge in [-0.25, -0.2) is 0 Å². The fourth-order valence-corrected chi connectivity index (χ4v) is 0.765. The van der Waals surface area contributed by atoms with Crippen molar-refractivity contribution in [3.05, 3.63) is 0 Å². The van der Waals surface area contributed by atoms with Gasteiger partial charge in [-0.15, -0.1) is 0 Å². The molecule has 0 saturated heterocycles. The van der Waals surface area contributed by atoms with E-state index in [2.05, 4.69) is 12.2 Å². The van der Waals surface area contributed by atoms with Gasteiger partial charge in [0, 0.05) is 6.61 Å².